The van der Waals surface area contributed by atoms with Gasteiger partial charge < -0.3 is 5.11 Å². The van der Waals surface area contributed by atoms with Crippen molar-refractivity contribution in [3.8, 4) is 0 Å². The number of carboxylic acid groups (broad SMARTS) is 1. The summed E-state index contributed by atoms with van der Waals surface area (Å²) in [6.07, 6.45) is 0. The Morgan fingerprint density at radius 1 is 1.44 bits per heavy atom. The van der Waals surface area contributed by atoms with Gasteiger partial charge in [0.1, 0.15) is 11.4 Å². The third kappa shape index (κ3) is 2.50. The van der Waals surface area contributed by atoms with E-state index in [1.807, 2.05) is 0 Å². The van der Waals surface area contributed by atoms with Crippen LogP contribution in [0.3, 0.4) is 0 Å². The number of amidine groups is 1. The Morgan fingerprint density at radius 3 is 2.56 bits per heavy atom. The Labute approximate surface area is 92.0 Å². The summed E-state index contributed by atoms with van der Waals surface area (Å²) < 4.78 is 13.3. The first-order chi connectivity index (χ1) is 7.43. The zero-order chi connectivity index (χ0) is 12.3. The first kappa shape index (κ1) is 12.0. The third-order valence-electron chi connectivity index (χ3n) is 1.82. The molecule has 1 aromatic rings. The van der Waals surface area contributed by atoms with Crippen LogP contribution >= 0.6 is 0 Å². The van der Waals surface area contributed by atoms with E-state index in [9.17, 15) is 9.18 Å². The Balaban J connectivity index is 3.34. The van der Waals surface area contributed by atoms with Crippen LogP contribution in [0.5, 0.6) is 0 Å². The van der Waals surface area contributed by atoms with E-state index in [1.165, 1.54) is 12.1 Å². The largest absolute Gasteiger partial charge is 0.478 e. The fourth-order valence-electron chi connectivity index (χ4n) is 1.22. The van der Waals surface area contributed by atoms with Crippen LogP contribution in [-0.2, 0) is 0 Å². The van der Waals surface area contributed by atoms with E-state index in [0.717, 1.165) is 6.07 Å². The second kappa shape index (κ2) is 4.65. The van der Waals surface area contributed by atoms with Crippen LogP contribution in [0, 0.1) is 11.2 Å². The van der Waals surface area contributed by atoms with Crippen molar-refractivity contribution in [1.29, 1.82) is 5.41 Å². The molecule has 2 N–H and O–H groups in total. The van der Waals surface area contributed by atoms with E-state index in [-0.39, 0.29) is 11.4 Å². The van der Waals surface area contributed by atoms with Gasteiger partial charge in [0.15, 0.2) is 5.84 Å². The Kier molecular flexibility index (Phi) is 3.50. The number of benzene rings is 1. The lowest BCUT2D eigenvalue weighted by molar-refractivity contribution is 0.0691. The number of aromatic carboxylic acids is 1. The smallest absolute Gasteiger partial charge is 0.339 e. The molecule has 16 heavy (non-hydrogen) atoms. The topological polar surface area (TPSA) is 73.5 Å². The van der Waals surface area contributed by atoms with E-state index in [0.29, 0.717) is 5.71 Å². The number of aliphatic imine (C=N–C) groups is 1. The summed E-state index contributed by atoms with van der Waals surface area (Å²) in [5, 5.41) is 16.4. The summed E-state index contributed by atoms with van der Waals surface area (Å²) in [5.74, 6) is -2.52. The Bertz CT molecular complexity index is 477. The van der Waals surface area contributed by atoms with E-state index in [2.05, 4.69) is 4.99 Å². The minimum atomic E-state index is -1.40. The summed E-state index contributed by atoms with van der Waals surface area (Å²) in [6, 6.07) is 3.76. The zero-order valence-electron chi connectivity index (χ0n) is 8.91. The van der Waals surface area contributed by atoms with Crippen LogP contribution in [0.15, 0.2) is 23.2 Å². The lowest BCUT2D eigenvalue weighted by Crippen LogP contribution is -2.10. The minimum Gasteiger partial charge on any atom is -0.478 e. The summed E-state index contributed by atoms with van der Waals surface area (Å²) in [6.45, 7) is 3.35. The van der Waals surface area contributed by atoms with Crippen LogP contribution in [0.1, 0.15) is 29.8 Å². The van der Waals surface area contributed by atoms with E-state index in [1.54, 1.807) is 13.8 Å². The SMILES string of the molecule is CC(C)=NC(=N)c1cccc(F)c1C(=O)O. The lowest BCUT2D eigenvalue weighted by Gasteiger charge is -2.05. The molecule has 0 atom stereocenters. The van der Waals surface area contributed by atoms with Crippen molar-refractivity contribution >= 4 is 17.5 Å². The molecule has 4 nitrogen and oxygen atoms in total. The van der Waals surface area contributed by atoms with Crippen molar-refractivity contribution in [2.24, 2.45) is 4.99 Å². The van der Waals surface area contributed by atoms with Gasteiger partial charge in [-0.05, 0) is 19.9 Å². The van der Waals surface area contributed by atoms with E-state index in [4.69, 9.17) is 10.5 Å². The molecule has 0 spiro atoms. The molecule has 0 saturated heterocycles. The molecule has 0 aliphatic heterocycles. The first-order valence-electron chi connectivity index (χ1n) is 4.56. The maximum absolute atomic E-state index is 13.3. The van der Waals surface area contributed by atoms with Crippen molar-refractivity contribution < 1.29 is 14.3 Å². The normalized spacial score (nSPS) is 9.69. The summed E-state index contributed by atoms with van der Waals surface area (Å²) >= 11 is 0. The number of rotatable bonds is 2. The number of carbonyl (C=O) groups is 1. The molecule has 0 aliphatic rings. The molecule has 0 amide bonds. The maximum Gasteiger partial charge on any atom is 0.339 e. The molecule has 0 radical (unpaired) electrons. The van der Waals surface area contributed by atoms with Crippen molar-refractivity contribution in [1.82, 2.24) is 0 Å². The standard InChI is InChI=1S/C11H11FN2O2/c1-6(2)14-10(13)7-4-3-5-8(12)9(7)11(15)16/h3-5,13H,1-2H3,(H,15,16). The highest BCUT2D eigenvalue weighted by Crippen LogP contribution is 2.14. The Hall–Kier alpha value is -2.04. The fraction of sp³-hybridized carbons (Fsp3) is 0.182. The molecule has 0 bridgehead atoms. The molecule has 0 heterocycles. The van der Waals surface area contributed by atoms with Crippen LogP contribution in [-0.4, -0.2) is 22.6 Å². The van der Waals surface area contributed by atoms with Gasteiger partial charge in [-0.3, -0.25) is 5.41 Å². The van der Waals surface area contributed by atoms with Gasteiger partial charge in [0, 0.05) is 11.3 Å². The number of nitrogens with one attached hydrogen (secondary N) is 1. The molecule has 0 fully saturated rings. The van der Waals surface area contributed by atoms with E-state index < -0.39 is 17.3 Å². The molecular weight excluding hydrogens is 211 g/mol. The van der Waals surface area contributed by atoms with Gasteiger partial charge in [0.05, 0.1) is 0 Å². The molecule has 0 unspecified atom stereocenters. The molecular formula is C11H11FN2O2. The van der Waals surface area contributed by atoms with Crippen LogP contribution in [0.4, 0.5) is 4.39 Å². The van der Waals surface area contributed by atoms with E-state index >= 15 is 0 Å². The minimum absolute atomic E-state index is 0.0197. The van der Waals surface area contributed by atoms with Gasteiger partial charge in [-0.15, -0.1) is 0 Å². The predicted octanol–water partition coefficient (Wildman–Crippen LogP) is 2.33. The van der Waals surface area contributed by atoms with Gasteiger partial charge in [0.2, 0.25) is 0 Å². The lowest BCUT2D eigenvalue weighted by atomic mass is 10.1. The molecule has 84 valence electrons. The van der Waals surface area contributed by atoms with Crippen molar-refractivity contribution in [2.45, 2.75) is 13.8 Å². The fourth-order valence-corrected chi connectivity index (χ4v) is 1.22. The summed E-state index contributed by atoms with van der Waals surface area (Å²) in [4.78, 5) is 14.6. The summed E-state index contributed by atoms with van der Waals surface area (Å²) in [5.41, 5.74) is 0.0665. The second-order valence-corrected chi connectivity index (χ2v) is 3.38. The Morgan fingerprint density at radius 2 is 2.06 bits per heavy atom. The number of hydrogen-bond donors (Lipinski definition) is 2. The van der Waals surface area contributed by atoms with Gasteiger partial charge in [-0.25, -0.2) is 14.2 Å². The van der Waals surface area contributed by atoms with Gasteiger partial charge in [-0.1, -0.05) is 12.1 Å². The number of nitrogens with zero attached hydrogens (tertiary/aromatic N) is 1. The molecule has 1 aromatic carbocycles. The number of carboxylic acids is 1. The maximum atomic E-state index is 13.3. The second-order valence-electron chi connectivity index (χ2n) is 3.38. The van der Waals surface area contributed by atoms with Crippen LogP contribution in [0.2, 0.25) is 0 Å². The van der Waals surface area contributed by atoms with Crippen molar-refractivity contribution in [3.63, 3.8) is 0 Å². The average molecular weight is 222 g/mol. The van der Waals surface area contributed by atoms with Crippen molar-refractivity contribution in [2.75, 3.05) is 0 Å². The number of hydrogen-bond acceptors (Lipinski definition) is 2. The van der Waals surface area contributed by atoms with Crippen LogP contribution in [0.25, 0.3) is 0 Å². The predicted molar refractivity (Wildman–Crippen MR) is 59.0 cm³/mol. The average Bonchev–Trinajstić information content (AvgIpc) is 2.15. The highest BCUT2D eigenvalue weighted by atomic mass is 19.1. The third-order valence-corrected chi connectivity index (χ3v) is 1.82. The molecule has 0 aliphatic carbocycles. The monoisotopic (exact) mass is 222 g/mol. The summed E-state index contributed by atoms with van der Waals surface area (Å²) in [7, 11) is 0. The first-order valence-corrected chi connectivity index (χ1v) is 4.56. The quantitative estimate of drug-likeness (QED) is 0.595. The molecule has 0 aromatic heterocycles. The zero-order valence-corrected chi connectivity index (χ0v) is 8.91. The van der Waals surface area contributed by atoms with Gasteiger partial charge in [0.25, 0.3) is 0 Å². The molecule has 1 rings (SSSR count). The molecule has 5 heteroatoms. The highest BCUT2D eigenvalue weighted by Gasteiger charge is 2.17. The van der Waals surface area contributed by atoms with Gasteiger partial charge >= 0.3 is 5.97 Å². The highest BCUT2D eigenvalue weighted by molar-refractivity contribution is 6.10. The molecule has 0 saturated carbocycles. The van der Waals surface area contributed by atoms with Crippen molar-refractivity contribution in [3.05, 3.63) is 35.1 Å². The number of halogens is 1. The van der Waals surface area contributed by atoms with Crippen LogP contribution < -0.4 is 0 Å². The van der Waals surface area contributed by atoms with Gasteiger partial charge in [-0.2, -0.15) is 0 Å².